The highest BCUT2D eigenvalue weighted by atomic mass is 32.2. The lowest BCUT2D eigenvalue weighted by molar-refractivity contribution is -0.139. The number of methoxy groups -OCH3 is 1. The van der Waals surface area contributed by atoms with Gasteiger partial charge in [0, 0.05) is 33.5 Å². The number of pyridine rings is 1. The number of nitrogens with zero attached hydrogens (tertiary/aromatic N) is 1. The molecule has 0 amide bonds. The van der Waals surface area contributed by atoms with E-state index in [9.17, 15) is 9.00 Å². The van der Waals surface area contributed by atoms with Gasteiger partial charge >= 0.3 is 5.97 Å². The summed E-state index contributed by atoms with van der Waals surface area (Å²) in [5.74, 6) is 0.793. The Kier molecular flexibility index (Phi) is 6.08. The topological polar surface area (TPSA) is 84.0 Å². The van der Waals surface area contributed by atoms with E-state index in [4.69, 9.17) is 18.9 Å². The molecule has 0 N–H and O–H groups in total. The fraction of sp³-hybridized carbons (Fsp3) is 0.273. The fourth-order valence-electron chi connectivity index (χ4n) is 3.25. The van der Waals surface area contributed by atoms with Gasteiger partial charge in [0.1, 0.15) is 11.5 Å². The Morgan fingerprint density at radius 2 is 1.93 bits per heavy atom. The molecular weight excluding hydrogens is 406 g/mol. The summed E-state index contributed by atoms with van der Waals surface area (Å²) in [5.41, 5.74) is 2.19. The number of rotatable bonds is 6. The quantitative estimate of drug-likeness (QED) is 0.557. The lowest BCUT2D eigenvalue weighted by Gasteiger charge is -2.17. The lowest BCUT2D eigenvalue weighted by Crippen LogP contribution is -2.07. The van der Waals surface area contributed by atoms with Crippen LogP contribution in [0.1, 0.15) is 17.4 Å². The van der Waals surface area contributed by atoms with Gasteiger partial charge in [-0.2, -0.15) is 0 Å². The maximum Gasteiger partial charge on any atom is 0.309 e. The predicted molar refractivity (Wildman–Crippen MR) is 111 cm³/mol. The molecule has 0 radical (unpaired) electrons. The number of carbonyl (C=O) groups is 1. The second kappa shape index (κ2) is 8.91. The summed E-state index contributed by atoms with van der Waals surface area (Å²) in [7, 11) is 0.234. The molecule has 1 atom stereocenters. The van der Waals surface area contributed by atoms with Crippen LogP contribution in [0, 0.1) is 0 Å². The third kappa shape index (κ3) is 4.35. The van der Waals surface area contributed by atoms with Crippen molar-refractivity contribution in [2.75, 3.05) is 26.6 Å². The van der Waals surface area contributed by atoms with E-state index in [2.05, 4.69) is 4.98 Å². The largest absolute Gasteiger partial charge is 0.469 e. The molecule has 156 valence electrons. The number of benzene rings is 2. The van der Waals surface area contributed by atoms with E-state index in [0.717, 1.165) is 16.5 Å². The molecule has 30 heavy (non-hydrogen) atoms. The zero-order chi connectivity index (χ0) is 21.1. The highest BCUT2D eigenvalue weighted by Crippen LogP contribution is 2.37. The highest BCUT2D eigenvalue weighted by Gasteiger charge is 2.24. The Labute approximate surface area is 176 Å². The van der Waals surface area contributed by atoms with Crippen LogP contribution in [0.2, 0.25) is 0 Å². The minimum Gasteiger partial charge on any atom is -0.469 e. The monoisotopic (exact) mass is 427 g/mol. The number of esters is 1. The van der Waals surface area contributed by atoms with E-state index in [1.165, 1.54) is 7.11 Å². The first kappa shape index (κ1) is 20.5. The van der Waals surface area contributed by atoms with Gasteiger partial charge in [-0.1, -0.05) is 6.07 Å². The summed E-state index contributed by atoms with van der Waals surface area (Å²) in [5, 5.41) is 0.753. The second-order valence-electron chi connectivity index (χ2n) is 6.74. The van der Waals surface area contributed by atoms with Crippen LogP contribution in [0.5, 0.6) is 11.5 Å². The third-order valence-electron chi connectivity index (χ3n) is 4.75. The molecule has 1 unspecified atom stereocenters. The Balaban J connectivity index is 1.74. The van der Waals surface area contributed by atoms with Crippen LogP contribution < -0.4 is 4.74 Å². The van der Waals surface area contributed by atoms with E-state index in [-0.39, 0.29) is 12.4 Å². The molecule has 1 fully saturated rings. The summed E-state index contributed by atoms with van der Waals surface area (Å²) < 4.78 is 34.3. The summed E-state index contributed by atoms with van der Waals surface area (Å²) in [6, 6.07) is 12.6. The molecule has 2 heterocycles. The summed E-state index contributed by atoms with van der Waals surface area (Å²) in [6.45, 7) is 0.963. The SMILES string of the molecule is COC(=O)Cc1ccc(Oc2ccnc3ccc(S(C)=O)cc23)c(C2OCCO2)c1. The Morgan fingerprint density at radius 3 is 2.67 bits per heavy atom. The number of fused-ring (bicyclic) bond motifs is 1. The first-order chi connectivity index (χ1) is 14.5. The first-order valence-corrected chi connectivity index (χ1v) is 10.9. The van der Waals surface area contributed by atoms with Gasteiger partial charge in [-0.3, -0.25) is 14.0 Å². The minimum absolute atomic E-state index is 0.139. The minimum atomic E-state index is -1.12. The van der Waals surface area contributed by atoms with Gasteiger partial charge in [-0.25, -0.2) is 0 Å². The van der Waals surface area contributed by atoms with E-state index in [1.807, 2.05) is 18.2 Å². The van der Waals surface area contributed by atoms with Crippen LogP contribution in [0.3, 0.4) is 0 Å². The first-order valence-electron chi connectivity index (χ1n) is 9.38. The van der Waals surface area contributed by atoms with Crippen molar-refractivity contribution >= 4 is 27.7 Å². The molecule has 0 bridgehead atoms. The molecular formula is C22H21NO6S. The van der Waals surface area contributed by atoms with Crippen molar-refractivity contribution in [3.8, 4) is 11.5 Å². The molecule has 0 saturated carbocycles. The van der Waals surface area contributed by atoms with Crippen LogP contribution in [0.15, 0.2) is 53.6 Å². The maximum atomic E-state index is 11.9. The van der Waals surface area contributed by atoms with E-state index < -0.39 is 17.1 Å². The van der Waals surface area contributed by atoms with Crippen LogP contribution in [-0.4, -0.2) is 41.7 Å². The summed E-state index contributed by atoms with van der Waals surface area (Å²) in [6.07, 6.45) is 2.85. The normalized spacial score (nSPS) is 15.3. The number of ether oxygens (including phenoxy) is 4. The van der Waals surface area contributed by atoms with Gasteiger partial charge in [-0.05, 0) is 42.0 Å². The van der Waals surface area contributed by atoms with Crippen LogP contribution in [-0.2, 0) is 36.2 Å². The molecule has 0 spiro atoms. The second-order valence-corrected chi connectivity index (χ2v) is 8.12. The average Bonchev–Trinajstić information content (AvgIpc) is 3.29. The van der Waals surface area contributed by atoms with Crippen LogP contribution in [0.25, 0.3) is 10.9 Å². The molecule has 1 aliphatic heterocycles. The predicted octanol–water partition coefficient (Wildman–Crippen LogP) is 3.53. The Morgan fingerprint density at radius 1 is 1.13 bits per heavy atom. The summed E-state index contributed by atoms with van der Waals surface area (Å²) >= 11 is 0. The van der Waals surface area contributed by atoms with Gasteiger partial charge in [0.15, 0.2) is 6.29 Å². The Bertz CT molecular complexity index is 1110. The standard InChI is InChI=1S/C22H21NO6S/c1-26-21(24)12-14-3-6-19(17(11-14)22-27-9-10-28-22)29-20-7-8-23-18-5-4-15(30(2)25)13-16(18)20/h3-8,11,13,22H,9-10,12H2,1-2H3. The molecule has 7 nitrogen and oxygen atoms in total. The third-order valence-corrected chi connectivity index (χ3v) is 5.67. The van der Waals surface area contributed by atoms with Crippen molar-refractivity contribution in [3.63, 3.8) is 0 Å². The maximum absolute atomic E-state index is 11.9. The van der Waals surface area contributed by atoms with E-state index in [0.29, 0.717) is 35.2 Å². The zero-order valence-corrected chi connectivity index (χ0v) is 17.4. The number of carbonyl (C=O) groups excluding carboxylic acids is 1. The molecule has 0 aliphatic carbocycles. The van der Waals surface area contributed by atoms with Crippen LogP contribution in [0.4, 0.5) is 0 Å². The number of aromatic nitrogens is 1. The van der Waals surface area contributed by atoms with E-state index in [1.54, 1.807) is 36.7 Å². The van der Waals surface area contributed by atoms with Crippen molar-refractivity contribution < 1.29 is 28.0 Å². The zero-order valence-electron chi connectivity index (χ0n) is 16.6. The molecule has 4 rings (SSSR count). The van der Waals surface area contributed by atoms with E-state index >= 15 is 0 Å². The van der Waals surface area contributed by atoms with Crippen LogP contribution >= 0.6 is 0 Å². The van der Waals surface area contributed by atoms with Crippen molar-refractivity contribution in [3.05, 3.63) is 59.8 Å². The van der Waals surface area contributed by atoms with Gasteiger partial charge in [0.25, 0.3) is 0 Å². The molecule has 1 aliphatic rings. The highest BCUT2D eigenvalue weighted by molar-refractivity contribution is 7.84. The van der Waals surface area contributed by atoms with Gasteiger partial charge in [-0.15, -0.1) is 0 Å². The smallest absolute Gasteiger partial charge is 0.309 e. The van der Waals surface area contributed by atoms with Crippen molar-refractivity contribution in [1.29, 1.82) is 0 Å². The molecule has 8 heteroatoms. The Hall–Kier alpha value is -2.81. The molecule has 3 aromatic rings. The van der Waals surface area contributed by atoms with Gasteiger partial charge < -0.3 is 18.9 Å². The molecule has 2 aromatic carbocycles. The van der Waals surface area contributed by atoms with Crippen molar-refractivity contribution in [2.24, 2.45) is 0 Å². The van der Waals surface area contributed by atoms with Gasteiger partial charge in [0.05, 0.1) is 37.8 Å². The van der Waals surface area contributed by atoms with Crippen molar-refractivity contribution in [2.45, 2.75) is 17.6 Å². The fourth-order valence-corrected chi connectivity index (χ4v) is 3.79. The lowest BCUT2D eigenvalue weighted by atomic mass is 10.1. The summed E-state index contributed by atoms with van der Waals surface area (Å²) in [4.78, 5) is 16.7. The average molecular weight is 427 g/mol. The van der Waals surface area contributed by atoms with Crippen molar-refractivity contribution in [1.82, 2.24) is 4.98 Å². The number of hydrogen-bond donors (Lipinski definition) is 0. The van der Waals surface area contributed by atoms with Gasteiger partial charge in [0.2, 0.25) is 0 Å². The number of hydrogen-bond acceptors (Lipinski definition) is 7. The molecule has 1 saturated heterocycles. The molecule has 1 aromatic heterocycles.